The van der Waals surface area contributed by atoms with Crippen LogP contribution in [0.25, 0.3) is 22.0 Å². The van der Waals surface area contributed by atoms with E-state index in [1.807, 2.05) is 30.3 Å². The first kappa shape index (κ1) is 16.4. The number of aromatic amines is 1. The molecular formula is C22H17N3O3. The predicted molar refractivity (Wildman–Crippen MR) is 107 cm³/mol. The summed E-state index contributed by atoms with van der Waals surface area (Å²) in [5, 5.41) is 12.3. The number of carbonyl (C=O) groups is 1. The van der Waals surface area contributed by atoms with Crippen LogP contribution in [0.4, 0.5) is 5.69 Å². The highest BCUT2D eigenvalue weighted by atomic mass is 16.6. The van der Waals surface area contributed by atoms with Crippen molar-refractivity contribution in [3.63, 3.8) is 0 Å². The Morgan fingerprint density at radius 3 is 2.68 bits per heavy atom. The fourth-order valence-electron chi connectivity index (χ4n) is 3.34. The average molecular weight is 371 g/mol. The Hall–Kier alpha value is -3.80. The van der Waals surface area contributed by atoms with Gasteiger partial charge in [0.25, 0.3) is 5.91 Å². The summed E-state index contributed by atoms with van der Waals surface area (Å²) >= 11 is 0. The molecule has 1 aromatic heterocycles. The van der Waals surface area contributed by atoms with Crippen molar-refractivity contribution in [1.29, 1.82) is 0 Å². The zero-order valence-electron chi connectivity index (χ0n) is 14.9. The van der Waals surface area contributed by atoms with E-state index in [0.29, 0.717) is 36.1 Å². The van der Waals surface area contributed by atoms with Crippen molar-refractivity contribution < 1.29 is 14.3 Å². The van der Waals surface area contributed by atoms with Gasteiger partial charge in [0.15, 0.2) is 11.5 Å². The van der Waals surface area contributed by atoms with E-state index in [1.165, 1.54) is 0 Å². The van der Waals surface area contributed by atoms with Crippen LogP contribution >= 0.6 is 0 Å². The summed E-state index contributed by atoms with van der Waals surface area (Å²) < 4.78 is 11.1. The number of anilines is 1. The second-order valence-electron chi connectivity index (χ2n) is 6.51. The Morgan fingerprint density at radius 2 is 1.75 bits per heavy atom. The Bertz CT molecular complexity index is 1180. The predicted octanol–water partition coefficient (Wildman–Crippen LogP) is 4.25. The third-order valence-corrected chi connectivity index (χ3v) is 4.69. The van der Waals surface area contributed by atoms with E-state index in [9.17, 15) is 4.79 Å². The quantitative estimate of drug-likeness (QED) is 0.564. The maximum atomic E-state index is 12.6. The van der Waals surface area contributed by atoms with Crippen LogP contribution < -0.4 is 14.8 Å². The van der Waals surface area contributed by atoms with Crippen molar-refractivity contribution in [1.82, 2.24) is 10.2 Å². The molecule has 0 radical (unpaired) electrons. The Kier molecular flexibility index (Phi) is 3.94. The second kappa shape index (κ2) is 6.74. The van der Waals surface area contributed by atoms with Gasteiger partial charge in [-0.2, -0.15) is 5.10 Å². The van der Waals surface area contributed by atoms with Crippen molar-refractivity contribution in [3.8, 4) is 22.8 Å². The molecular weight excluding hydrogens is 354 g/mol. The first-order valence-corrected chi connectivity index (χ1v) is 9.02. The summed E-state index contributed by atoms with van der Waals surface area (Å²) in [7, 11) is 0. The fourth-order valence-corrected chi connectivity index (χ4v) is 3.34. The van der Waals surface area contributed by atoms with E-state index in [1.54, 1.807) is 24.3 Å². The highest BCUT2D eigenvalue weighted by molar-refractivity contribution is 6.04. The molecule has 4 aromatic rings. The molecule has 0 atom stereocenters. The first-order chi connectivity index (χ1) is 13.8. The molecule has 1 aliphatic rings. The zero-order chi connectivity index (χ0) is 18.9. The van der Waals surface area contributed by atoms with Crippen molar-refractivity contribution in [3.05, 3.63) is 72.4 Å². The fraction of sp³-hybridized carbons (Fsp3) is 0.0909. The number of nitrogens with zero attached hydrogens (tertiary/aromatic N) is 1. The molecule has 1 amide bonds. The first-order valence-electron chi connectivity index (χ1n) is 9.02. The summed E-state index contributed by atoms with van der Waals surface area (Å²) in [4.78, 5) is 12.6. The molecule has 6 heteroatoms. The third kappa shape index (κ3) is 2.95. The third-order valence-electron chi connectivity index (χ3n) is 4.69. The van der Waals surface area contributed by atoms with Gasteiger partial charge in [-0.05, 0) is 29.0 Å². The van der Waals surface area contributed by atoms with Gasteiger partial charge in [-0.1, -0.05) is 42.5 Å². The number of carbonyl (C=O) groups excluding carboxylic acids is 1. The lowest BCUT2D eigenvalue weighted by Gasteiger charge is -2.18. The number of H-pyrrole nitrogens is 1. The minimum Gasteiger partial charge on any atom is -0.486 e. The zero-order valence-corrected chi connectivity index (χ0v) is 14.9. The lowest BCUT2D eigenvalue weighted by Crippen LogP contribution is -2.16. The van der Waals surface area contributed by atoms with Crippen molar-refractivity contribution in [2.75, 3.05) is 18.5 Å². The van der Waals surface area contributed by atoms with Crippen LogP contribution in [0.2, 0.25) is 0 Å². The van der Waals surface area contributed by atoms with E-state index >= 15 is 0 Å². The molecule has 0 saturated heterocycles. The van der Waals surface area contributed by atoms with Crippen LogP contribution in [0.15, 0.2) is 66.7 Å². The number of ether oxygens (including phenoxy) is 2. The standard InChI is InChI=1S/C22H17N3O3/c26-22(23-15-8-9-20-21(12-15)28-11-10-27-20)19-13-18(24-25-19)17-7-3-5-14-4-1-2-6-16(14)17/h1-9,12-13H,10-11H2,(H,23,26)(H,24,25). The molecule has 2 heterocycles. The number of aromatic nitrogens is 2. The number of amides is 1. The Morgan fingerprint density at radius 1 is 0.929 bits per heavy atom. The minimum absolute atomic E-state index is 0.268. The molecule has 6 nitrogen and oxygen atoms in total. The molecule has 28 heavy (non-hydrogen) atoms. The number of fused-ring (bicyclic) bond motifs is 2. The molecule has 3 aromatic carbocycles. The normalized spacial score (nSPS) is 12.7. The monoisotopic (exact) mass is 371 g/mol. The van der Waals surface area contributed by atoms with Crippen LogP contribution in [0.1, 0.15) is 10.5 Å². The van der Waals surface area contributed by atoms with Gasteiger partial charge in [0.05, 0.1) is 5.69 Å². The van der Waals surface area contributed by atoms with Crippen molar-refractivity contribution in [2.24, 2.45) is 0 Å². The number of rotatable bonds is 3. The van der Waals surface area contributed by atoms with Gasteiger partial charge in [-0.15, -0.1) is 0 Å². The summed E-state index contributed by atoms with van der Waals surface area (Å²) in [5.41, 5.74) is 2.73. The molecule has 0 saturated carbocycles. The summed E-state index contributed by atoms with van der Waals surface area (Å²) in [6.07, 6.45) is 0. The van der Waals surface area contributed by atoms with E-state index < -0.39 is 0 Å². The molecule has 1 aliphatic heterocycles. The topological polar surface area (TPSA) is 76.2 Å². The summed E-state index contributed by atoms with van der Waals surface area (Å²) in [5.74, 6) is 1.05. The Balaban J connectivity index is 1.41. The van der Waals surface area contributed by atoms with Crippen molar-refractivity contribution in [2.45, 2.75) is 0 Å². The number of hydrogen-bond acceptors (Lipinski definition) is 4. The highest BCUT2D eigenvalue weighted by Gasteiger charge is 2.16. The molecule has 2 N–H and O–H groups in total. The van der Waals surface area contributed by atoms with E-state index in [-0.39, 0.29) is 5.91 Å². The van der Waals surface area contributed by atoms with Crippen LogP contribution in [0.3, 0.4) is 0 Å². The van der Waals surface area contributed by atoms with Crippen LogP contribution in [0.5, 0.6) is 11.5 Å². The number of nitrogens with one attached hydrogen (secondary N) is 2. The lowest BCUT2D eigenvalue weighted by molar-refractivity contribution is 0.102. The van der Waals surface area contributed by atoms with Gasteiger partial charge >= 0.3 is 0 Å². The lowest BCUT2D eigenvalue weighted by atomic mass is 10.0. The van der Waals surface area contributed by atoms with Gasteiger partial charge < -0.3 is 14.8 Å². The maximum Gasteiger partial charge on any atom is 0.273 e. The van der Waals surface area contributed by atoms with Gasteiger partial charge in [-0.3, -0.25) is 9.89 Å². The second-order valence-corrected chi connectivity index (χ2v) is 6.51. The van der Waals surface area contributed by atoms with Crippen LogP contribution in [0, 0.1) is 0 Å². The molecule has 0 aliphatic carbocycles. The molecule has 0 spiro atoms. The van der Waals surface area contributed by atoms with Gasteiger partial charge in [0.2, 0.25) is 0 Å². The molecule has 5 rings (SSSR count). The van der Waals surface area contributed by atoms with Crippen LogP contribution in [-0.2, 0) is 0 Å². The Labute approximate surface area is 161 Å². The van der Waals surface area contributed by atoms with Gasteiger partial charge in [0.1, 0.15) is 18.9 Å². The molecule has 0 unspecified atom stereocenters. The highest BCUT2D eigenvalue weighted by Crippen LogP contribution is 2.33. The average Bonchev–Trinajstić information content (AvgIpc) is 3.23. The van der Waals surface area contributed by atoms with Crippen LogP contribution in [-0.4, -0.2) is 29.3 Å². The van der Waals surface area contributed by atoms with E-state index in [0.717, 1.165) is 22.0 Å². The minimum atomic E-state index is -0.268. The van der Waals surface area contributed by atoms with Crippen molar-refractivity contribution >= 4 is 22.4 Å². The van der Waals surface area contributed by atoms with E-state index in [2.05, 4.69) is 27.6 Å². The summed E-state index contributed by atoms with van der Waals surface area (Å²) in [6.45, 7) is 1.03. The van der Waals surface area contributed by atoms with E-state index in [4.69, 9.17) is 9.47 Å². The molecule has 138 valence electrons. The van der Waals surface area contributed by atoms with Gasteiger partial charge in [-0.25, -0.2) is 0 Å². The largest absolute Gasteiger partial charge is 0.486 e. The SMILES string of the molecule is O=C(Nc1ccc2c(c1)OCCO2)c1cc(-c2cccc3ccccc23)n[nH]1. The molecule has 0 fully saturated rings. The smallest absolute Gasteiger partial charge is 0.273 e. The maximum absolute atomic E-state index is 12.6. The van der Waals surface area contributed by atoms with Gasteiger partial charge in [0, 0.05) is 17.3 Å². The summed E-state index contributed by atoms with van der Waals surface area (Å²) in [6, 6.07) is 21.2. The number of benzene rings is 3. The number of hydrogen-bond donors (Lipinski definition) is 2. The molecule has 0 bridgehead atoms.